The maximum absolute atomic E-state index is 12.5. The van der Waals surface area contributed by atoms with E-state index in [0.717, 1.165) is 49.4 Å². The number of aromatic nitrogens is 2. The number of hydrogen-bond donors (Lipinski definition) is 1. The quantitative estimate of drug-likeness (QED) is 0.894. The fraction of sp³-hybridized carbons (Fsp3) is 0.444. The molecule has 128 valence electrons. The fourth-order valence-corrected chi connectivity index (χ4v) is 3.41. The molecule has 1 fully saturated rings. The normalized spacial score (nSPS) is 17.3. The predicted octanol–water partition coefficient (Wildman–Crippen LogP) is 4.35. The van der Waals surface area contributed by atoms with Crippen LogP contribution in [0.5, 0.6) is 0 Å². The molecule has 2 heterocycles. The van der Waals surface area contributed by atoms with Crippen molar-refractivity contribution in [3.05, 3.63) is 41.2 Å². The van der Waals surface area contributed by atoms with E-state index in [4.69, 9.17) is 11.6 Å². The van der Waals surface area contributed by atoms with Crippen molar-refractivity contribution >= 4 is 23.3 Å². The van der Waals surface area contributed by atoms with Crippen molar-refractivity contribution in [1.82, 2.24) is 14.7 Å². The van der Waals surface area contributed by atoms with E-state index in [0.29, 0.717) is 10.9 Å². The monoisotopic (exact) mass is 346 g/mol. The van der Waals surface area contributed by atoms with E-state index in [-0.39, 0.29) is 6.03 Å². The number of rotatable bonds is 4. The lowest BCUT2D eigenvalue weighted by Gasteiger charge is -2.17. The van der Waals surface area contributed by atoms with Gasteiger partial charge in [0.25, 0.3) is 0 Å². The number of anilines is 1. The van der Waals surface area contributed by atoms with Crippen LogP contribution in [0.15, 0.2) is 30.5 Å². The molecule has 1 aliphatic heterocycles. The molecule has 6 heteroatoms. The van der Waals surface area contributed by atoms with E-state index >= 15 is 0 Å². The number of likely N-dealkylation sites (tertiary alicyclic amines) is 1. The molecule has 24 heavy (non-hydrogen) atoms. The van der Waals surface area contributed by atoms with Crippen molar-refractivity contribution < 1.29 is 4.79 Å². The lowest BCUT2D eigenvalue weighted by Crippen LogP contribution is -2.33. The molecule has 0 radical (unpaired) electrons. The zero-order valence-electron chi connectivity index (χ0n) is 14.1. The number of nitrogens with zero attached hydrogens (tertiary/aromatic N) is 3. The summed E-state index contributed by atoms with van der Waals surface area (Å²) in [6.07, 6.45) is 4.66. The molecule has 1 atom stereocenters. The van der Waals surface area contributed by atoms with Crippen LogP contribution in [0.25, 0.3) is 5.69 Å². The highest BCUT2D eigenvalue weighted by Crippen LogP contribution is 2.26. The molecule has 2 aromatic rings. The Labute approximate surface area is 147 Å². The molecule has 1 aliphatic rings. The largest absolute Gasteiger partial charge is 0.324 e. The lowest BCUT2D eigenvalue weighted by atomic mass is 10.1. The molecule has 0 bridgehead atoms. The maximum Gasteiger partial charge on any atom is 0.321 e. The molecule has 2 amide bonds. The zero-order valence-corrected chi connectivity index (χ0v) is 14.9. The van der Waals surface area contributed by atoms with Crippen molar-refractivity contribution in [2.75, 3.05) is 18.4 Å². The second-order valence-corrected chi connectivity index (χ2v) is 6.57. The highest BCUT2D eigenvalue weighted by Gasteiger charge is 2.26. The molecule has 1 aromatic heterocycles. The Morgan fingerprint density at radius 3 is 2.83 bits per heavy atom. The van der Waals surface area contributed by atoms with E-state index in [2.05, 4.69) is 17.3 Å². The second kappa shape index (κ2) is 7.26. The fourth-order valence-electron chi connectivity index (χ4n) is 3.19. The van der Waals surface area contributed by atoms with Gasteiger partial charge in [0.15, 0.2) is 0 Å². The first-order chi connectivity index (χ1) is 11.6. The van der Waals surface area contributed by atoms with Crippen LogP contribution >= 0.6 is 11.6 Å². The average Bonchev–Trinajstić information content (AvgIpc) is 3.22. The highest BCUT2D eigenvalue weighted by atomic mass is 35.5. The van der Waals surface area contributed by atoms with Crippen LogP contribution in [0.1, 0.15) is 32.4 Å². The molecule has 1 unspecified atom stereocenters. The topological polar surface area (TPSA) is 50.2 Å². The lowest BCUT2D eigenvalue weighted by molar-refractivity contribution is 0.220. The number of halogens is 1. The molecule has 1 saturated heterocycles. The summed E-state index contributed by atoms with van der Waals surface area (Å²) in [5, 5.41) is 8.08. The third-order valence-electron chi connectivity index (χ3n) is 4.68. The van der Waals surface area contributed by atoms with Gasteiger partial charge in [0.1, 0.15) is 0 Å². The third-order valence-corrected chi connectivity index (χ3v) is 5.00. The van der Waals surface area contributed by atoms with Gasteiger partial charge in [0, 0.05) is 13.1 Å². The van der Waals surface area contributed by atoms with Gasteiger partial charge >= 0.3 is 6.03 Å². The molecule has 0 saturated carbocycles. The van der Waals surface area contributed by atoms with E-state index in [1.54, 1.807) is 10.9 Å². The van der Waals surface area contributed by atoms with E-state index in [1.165, 1.54) is 0 Å². The first-order valence-electron chi connectivity index (χ1n) is 8.51. The molecular weight excluding hydrogens is 324 g/mol. The number of para-hydroxylation sites is 1. The van der Waals surface area contributed by atoms with Gasteiger partial charge in [-0.25, -0.2) is 9.48 Å². The summed E-state index contributed by atoms with van der Waals surface area (Å²) in [4.78, 5) is 14.4. The second-order valence-electron chi connectivity index (χ2n) is 6.16. The van der Waals surface area contributed by atoms with Crippen molar-refractivity contribution in [1.29, 1.82) is 0 Å². The number of amides is 2. The minimum Gasteiger partial charge on any atom is -0.324 e. The van der Waals surface area contributed by atoms with Crippen LogP contribution in [0.2, 0.25) is 5.02 Å². The number of urea groups is 1. The van der Waals surface area contributed by atoms with Crippen LogP contribution in [0, 0.1) is 5.92 Å². The molecule has 5 nitrogen and oxygen atoms in total. The Bertz CT molecular complexity index is 728. The Balaban J connectivity index is 1.80. The van der Waals surface area contributed by atoms with Crippen molar-refractivity contribution in [3.63, 3.8) is 0 Å². The van der Waals surface area contributed by atoms with Crippen LogP contribution in [0.3, 0.4) is 0 Å². The summed E-state index contributed by atoms with van der Waals surface area (Å²) in [5.74, 6) is 0.618. The first-order valence-corrected chi connectivity index (χ1v) is 8.89. The van der Waals surface area contributed by atoms with Gasteiger partial charge in [-0.3, -0.25) is 0 Å². The van der Waals surface area contributed by atoms with Crippen molar-refractivity contribution in [2.45, 2.75) is 33.1 Å². The van der Waals surface area contributed by atoms with E-state index in [9.17, 15) is 4.79 Å². The summed E-state index contributed by atoms with van der Waals surface area (Å²) in [5.41, 5.74) is 2.52. The Kier molecular flexibility index (Phi) is 5.09. The molecule has 0 spiro atoms. The maximum atomic E-state index is 12.5. The molecule has 1 aromatic carbocycles. The van der Waals surface area contributed by atoms with Gasteiger partial charge < -0.3 is 10.2 Å². The zero-order chi connectivity index (χ0) is 17.1. The van der Waals surface area contributed by atoms with Crippen LogP contribution < -0.4 is 5.32 Å². The predicted molar refractivity (Wildman–Crippen MR) is 96.9 cm³/mol. The standard InChI is InChI=1S/C18H23ClN4O/c1-3-13-9-10-22(12-13)18(24)21-15-11-20-23(16(15)4-2)17-8-6-5-7-14(17)19/h5-8,11,13H,3-4,9-10,12H2,1-2H3,(H,21,24). The summed E-state index contributed by atoms with van der Waals surface area (Å²) in [7, 11) is 0. The highest BCUT2D eigenvalue weighted by molar-refractivity contribution is 6.32. The van der Waals surface area contributed by atoms with Crippen LogP contribution in [-0.4, -0.2) is 33.8 Å². The minimum atomic E-state index is -0.0423. The van der Waals surface area contributed by atoms with Gasteiger partial charge in [0.2, 0.25) is 0 Å². The van der Waals surface area contributed by atoms with Crippen molar-refractivity contribution in [2.24, 2.45) is 5.92 Å². The van der Waals surface area contributed by atoms with Gasteiger partial charge in [-0.15, -0.1) is 0 Å². The van der Waals surface area contributed by atoms with E-state index in [1.807, 2.05) is 36.1 Å². The smallest absolute Gasteiger partial charge is 0.321 e. The van der Waals surface area contributed by atoms with Crippen molar-refractivity contribution in [3.8, 4) is 5.69 Å². The Hall–Kier alpha value is -2.01. The summed E-state index contributed by atoms with van der Waals surface area (Å²) in [6.45, 7) is 5.88. The Morgan fingerprint density at radius 1 is 1.38 bits per heavy atom. The minimum absolute atomic E-state index is 0.0423. The SMILES string of the molecule is CCc1c(NC(=O)N2CCC(CC)C2)cnn1-c1ccccc1Cl. The van der Waals surface area contributed by atoms with Gasteiger partial charge in [-0.1, -0.05) is 44.0 Å². The number of benzene rings is 1. The summed E-state index contributed by atoms with van der Waals surface area (Å²) in [6, 6.07) is 7.54. The Morgan fingerprint density at radius 2 is 2.17 bits per heavy atom. The summed E-state index contributed by atoms with van der Waals surface area (Å²) < 4.78 is 1.80. The molecule has 0 aliphatic carbocycles. The molecule has 3 rings (SSSR count). The van der Waals surface area contributed by atoms with Gasteiger partial charge in [0.05, 0.1) is 28.3 Å². The third kappa shape index (κ3) is 3.26. The van der Waals surface area contributed by atoms with Crippen LogP contribution in [0.4, 0.5) is 10.5 Å². The number of carbonyl (C=O) groups excluding carboxylic acids is 1. The summed E-state index contributed by atoms with van der Waals surface area (Å²) >= 11 is 6.28. The molecule has 1 N–H and O–H groups in total. The van der Waals surface area contributed by atoms with Gasteiger partial charge in [-0.2, -0.15) is 5.10 Å². The number of carbonyl (C=O) groups is 1. The molecular formula is C18H23ClN4O. The average molecular weight is 347 g/mol. The first kappa shape index (κ1) is 16.8. The van der Waals surface area contributed by atoms with Crippen LogP contribution in [-0.2, 0) is 6.42 Å². The van der Waals surface area contributed by atoms with Gasteiger partial charge in [-0.05, 0) is 30.9 Å². The van der Waals surface area contributed by atoms with E-state index < -0.39 is 0 Å². The number of hydrogen-bond acceptors (Lipinski definition) is 2. The number of nitrogens with one attached hydrogen (secondary N) is 1.